The highest BCUT2D eigenvalue weighted by Crippen LogP contribution is 2.39. The van der Waals surface area contributed by atoms with Gasteiger partial charge in [0.15, 0.2) is 0 Å². The van der Waals surface area contributed by atoms with E-state index in [9.17, 15) is 9.59 Å². The molecule has 0 aliphatic heterocycles. The molecular formula is C68H68O6. The molecule has 0 unspecified atom stereocenters. The largest absolute Gasteiger partial charge is 0.493 e. The Labute approximate surface area is 440 Å². The fraction of sp³-hybridized carbons (Fsp3) is 0.324. The Balaban J connectivity index is 1.16. The summed E-state index contributed by atoms with van der Waals surface area (Å²) in [5.74, 6) is 27.7. The highest BCUT2D eigenvalue weighted by Gasteiger charge is 2.16. The van der Waals surface area contributed by atoms with Crippen molar-refractivity contribution in [1.29, 1.82) is 0 Å². The molecule has 4 aliphatic rings. The molecule has 0 saturated heterocycles. The van der Waals surface area contributed by atoms with E-state index < -0.39 is 0 Å². The number of hydrogen-bond acceptors (Lipinski definition) is 6. The molecule has 4 aliphatic carbocycles. The first-order valence-corrected chi connectivity index (χ1v) is 26.6. The molecule has 0 fully saturated rings. The van der Waals surface area contributed by atoms with Crippen LogP contribution in [0.2, 0.25) is 0 Å². The first kappa shape index (κ1) is 53.9. The maximum atomic E-state index is 11.4. The summed E-state index contributed by atoms with van der Waals surface area (Å²) in [6, 6.07) is 45.6. The number of rotatable bonds is 24. The quantitative estimate of drug-likeness (QED) is 0.0342. The number of esters is 2. The molecule has 376 valence electrons. The van der Waals surface area contributed by atoms with E-state index >= 15 is 0 Å². The minimum atomic E-state index is -0.127. The van der Waals surface area contributed by atoms with E-state index in [0.717, 1.165) is 155 Å². The van der Waals surface area contributed by atoms with Gasteiger partial charge >= 0.3 is 11.9 Å². The molecule has 0 radical (unpaired) electrons. The fourth-order valence-corrected chi connectivity index (χ4v) is 9.23. The van der Waals surface area contributed by atoms with Gasteiger partial charge in [-0.3, -0.25) is 9.59 Å². The first-order valence-electron chi connectivity index (χ1n) is 26.6. The number of carbonyl (C=O) groups is 2. The smallest absolute Gasteiger partial charge is 0.305 e. The number of unbranched alkanes of at least 4 members (excludes halogenated alkanes) is 14. The summed E-state index contributed by atoms with van der Waals surface area (Å²) >= 11 is 0. The van der Waals surface area contributed by atoms with Crippen molar-refractivity contribution >= 4 is 11.9 Å². The maximum absolute atomic E-state index is 11.4. The Morgan fingerprint density at radius 3 is 0.986 bits per heavy atom. The Hall–Kier alpha value is -7.90. The summed E-state index contributed by atoms with van der Waals surface area (Å²) < 4.78 is 23.0. The number of hydrogen-bond donors (Lipinski definition) is 0. The van der Waals surface area contributed by atoms with E-state index in [1.165, 1.54) is 39.9 Å². The molecule has 0 aromatic heterocycles. The van der Waals surface area contributed by atoms with Crippen LogP contribution in [0, 0.1) is 47.4 Å². The van der Waals surface area contributed by atoms with Crippen molar-refractivity contribution in [2.75, 3.05) is 27.4 Å². The van der Waals surface area contributed by atoms with Gasteiger partial charge in [-0.1, -0.05) is 186 Å². The summed E-state index contributed by atoms with van der Waals surface area (Å²) in [4.78, 5) is 22.9. The van der Waals surface area contributed by atoms with Gasteiger partial charge in [-0.15, -0.1) is 0 Å². The zero-order chi connectivity index (χ0) is 51.4. The van der Waals surface area contributed by atoms with Crippen molar-refractivity contribution in [3.63, 3.8) is 0 Å². The van der Waals surface area contributed by atoms with Crippen molar-refractivity contribution in [3.8, 4) is 103 Å². The van der Waals surface area contributed by atoms with Crippen LogP contribution in [-0.2, 0) is 19.1 Å². The van der Waals surface area contributed by atoms with E-state index in [2.05, 4.69) is 108 Å². The summed E-state index contributed by atoms with van der Waals surface area (Å²) in [5, 5.41) is 0. The molecule has 6 aromatic carbocycles. The van der Waals surface area contributed by atoms with Crippen LogP contribution in [-0.4, -0.2) is 39.4 Å². The van der Waals surface area contributed by atoms with Crippen LogP contribution in [0.25, 0.3) is 44.5 Å². The van der Waals surface area contributed by atoms with Crippen LogP contribution in [0.4, 0.5) is 0 Å². The molecule has 0 atom stereocenters. The van der Waals surface area contributed by atoms with Gasteiger partial charge in [0.2, 0.25) is 0 Å². The van der Waals surface area contributed by atoms with Crippen LogP contribution in [0.3, 0.4) is 0 Å². The monoisotopic (exact) mass is 981 g/mol. The fourth-order valence-electron chi connectivity index (χ4n) is 9.23. The standard InChI is InChI=1S/C68H68O6/c1-71-67(69)43-15-11-7-3-5-9-13-29-49-73-65-51-57-45-47-63(65)61-41-27-23-37-55(61)35-19-20-36-56-38-24-28-42-62(56)64-48-46-58(52-66(64)74-50-30-14-10-6-4-8-12-16-44-68(70)72-2)60-40-26-22-34-54(60)32-18-17-31-53-33-21-25-39-59(53)57/h21-28,33-34,37-42,45-48,51-52H,3-16,29-30,43-44,49-50H2,1-2H3. The molecule has 0 amide bonds. The predicted octanol–water partition coefficient (Wildman–Crippen LogP) is 15.6. The minimum Gasteiger partial charge on any atom is -0.493 e. The lowest BCUT2D eigenvalue weighted by molar-refractivity contribution is -0.141. The van der Waals surface area contributed by atoms with Crippen LogP contribution >= 0.6 is 0 Å². The lowest BCUT2D eigenvalue weighted by Crippen LogP contribution is -2.00. The van der Waals surface area contributed by atoms with Crippen LogP contribution in [0.5, 0.6) is 11.5 Å². The third-order valence-electron chi connectivity index (χ3n) is 13.3. The Morgan fingerprint density at radius 1 is 0.338 bits per heavy atom. The normalized spacial score (nSPS) is 10.9. The van der Waals surface area contributed by atoms with Gasteiger partial charge in [0.25, 0.3) is 0 Å². The van der Waals surface area contributed by atoms with Gasteiger partial charge in [-0.2, -0.15) is 0 Å². The third kappa shape index (κ3) is 16.6. The van der Waals surface area contributed by atoms with E-state index in [1.807, 2.05) is 72.8 Å². The molecule has 74 heavy (non-hydrogen) atoms. The van der Waals surface area contributed by atoms with E-state index in [1.54, 1.807) is 0 Å². The summed E-state index contributed by atoms with van der Waals surface area (Å²) in [6.45, 7) is 1.18. The molecule has 4 bridgehead atoms. The second-order valence-corrected chi connectivity index (χ2v) is 18.6. The van der Waals surface area contributed by atoms with Crippen LogP contribution in [0.15, 0.2) is 133 Å². The average Bonchev–Trinajstić information content (AvgIpc) is 3.44. The number of carbonyl (C=O) groups excluding carboxylic acids is 2. The van der Waals surface area contributed by atoms with Crippen LogP contribution < -0.4 is 9.47 Å². The van der Waals surface area contributed by atoms with Crippen molar-refractivity contribution in [2.45, 2.75) is 116 Å². The number of ether oxygens (including phenoxy) is 4. The lowest BCUT2D eigenvalue weighted by Gasteiger charge is -2.16. The van der Waals surface area contributed by atoms with Crippen LogP contribution in [0.1, 0.15) is 138 Å². The van der Waals surface area contributed by atoms with E-state index in [-0.39, 0.29) is 11.9 Å². The lowest BCUT2D eigenvalue weighted by atomic mass is 9.94. The highest BCUT2D eigenvalue weighted by atomic mass is 16.5. The van der Waals surface area contributed by atoms with Crippen molar-refractivity contribution in [3.05, 3.63) is 156 Å². The van der Waals surface area contributed by atoms with Gasteiger partial charge in [0.1, 0.15) is 11.5 Å². The molecule has 6 nitrogen and oxygen atoms in total. The Kier molecular flexibility index (Phi) is 22.0. The maximum Gasteiger partial charge on any atom is 0.305 e. The van der Waals surface area contributed by atoms with E-state index in [0.29, 0.717) is 26.1 Å². The topological polar surface area (TPSA) is 71.1 Å². The molecular weight excluding hydrogens is 913 g/mol. The number of benzene rings is 6. The summed E-state index contributed by atoms with van der Waals surface area (Å²) in [7, 11) is 2.90. The summed E-state index contributed by atoms with van der Waals surface area (Å²) in [6.07, 6.45) is 18.1. The summed E-state index contributed by atoms with van der Waals surface area (Å²) in [5.41, 5.74) is 11.4. The second kappa shape index (κ2) is 30.2. The molecule has 10 rings (SSSR count). The second-order valence-electron chi connectivity index (χ2n) is 18.6. The van der Waals surface area contributed by atoms with Gasteiger partial charge < -0.3 is 18.9 Å². The minimum absolute atomic E-state index is 0.127. The Morgan fingerprint density at radius 2 is 0.635 bits per heavy atom. The van der Waals surface area contributed by atoms with Gasteiger partial charge in [-0.25, -0.2) is 0 Å². The molecule has 6 heteroatoms. The van der Waals surface area contributed by atoms with Crippen molar-refractivity contribution in [1.82, 2.24) is 0 Å². The Bertz CT molecular complexity index is 2870. The van der Waals surface area contributed by atoms with Gasteiger partial charge in [-0.05, 0) is 120 Å². The zero-order valence-corrected chi connectivity index (χ0v) is 43.3. The van der Waals surface area contributed by atoms with Crippen molar-refractivity contribution < 1.29 is 28.5 Å². The molecule has 0 spiro atoms. The average molecular weight is 981 g/mol. The molecule has 0 saturated carbocycles. The third-order valence-corrected chi connectivity index (χ3v) is 13.3. The molecule has 0 heterocycles. The van der Waals surface area contributed by atoms with Crippen molar-refractivity contribution in [2.24, 2.45) is 0 Å². The molecule has 0 N–H and O–H groups in total. The number of methoxy groups -OCH3 is 2. The van der Waals surface area contributed by atoms with Gasteiger partial charge in [0, 0.05) is 57.3 Å². The van der Waals surface area contributed by atoms with Gasteiger partial charge in [0.05, 0.1) is 27.4 Å². The van der Waals surface area contributed by atoms with E-state index in [4.69, 9.17) is 18.9 Å². The predicted molar refractivity (Wildman–Crippen MR) is 300 cm³/mol. The zero-order valence-electron chi connectivity index (χ0n) is 43.3. The first-order chi connectivity index (χ1) is 36.5. The molecule has 6 aromatic rings. The highest BCUT2D eigenvalue weighted by molar-refractivity contribution is 5.83. The SMILES string of the molecule is COC(=O)CCCCCCCCCCOc1cc2ccc1-c1ccccc1C#CC#Cc1ccccc1-c1ccc(cc1OCCCCCCCCCCC(=O)OC)-c1ccccc1C#CC#Cc1ccccc1-2.